The molecule has 0 aliphatic carbocycles. The number of hydrogen-bond acceptors (Lipinski definition) is 1. The number of halogens is 3. The van der Waals surface area contributed by atoms with Crippen LogP contribution in [0.4, 0.5) is 13.2 Å². The SMILES string of the molecule is C#CC(C)(C)NC(=O)c1c(F)cc(F)cc1F. The molecule has 5 heteroatoms. The van der Waals surface area contributed by atoms with Crippen molar-refractivity contribution in [3.05, 3.63) is 35.1 Å². The molecule has 0 heterocycles. The third-order valence-electron chi connectivity index (χ3n) is 2.02. The lowest BCUT2D eigenvalue weighted by atomic mass is 10.1. The van der Waals surface area contributed by atoms with Gasteiger partial charge in [-0.05, 0) is 13.8 Å². The topological polar surface area (TPSA) is 29.1 Å². The smallest absolute Gasteiger partial charge is 0.258 e. The Bertz CT molecular complexity index is 480. The number of hydrogen-bond donors (Lipinski definition) is 1. The van der Waals surface area contributed by atoms with Crippen LogP contribution in [0.2, 0.25) is 0 Å². The van der Waals surface area contributed by atoms with E-state index in [1.807, 2.05) is 0 Å². The molecule has 17 heavy (non-hydrogen) atoms. The van der Waals surface area contributed by atoms with Gasteiger partial charge in [0.25, 0.3) is 5.91 Å². The summed E-state index contributed by atoms with van der Waals surface area (Å²) >= 11 is 0. The average molecular weight is 241 g/mol. The summed E-state index contributed by atoms with van der Waals surface area (Å²) in [6.07, 6.45) is 5.12. The van der Waals surface area contributed by atoms with Crippen LogP contribution in [0, 0.1) is 29.8 Å². The molecule has 0 atom stereocenters. The third kappa shape index (κ3) is 3.00. The summed E-state index contributed by atoms with van der Waals surface area (Å²) in [5.74, 6) is -2.41. The van der Waals surface area contributed by atoms with E-state index < -0.39 is 34.5 Å². The zero-order valence-corrected chi connectivity index (χ0v) is 9.27. The molecule has 0 radical (unpaired) electrons. The average Bonchev–Trinajstić information content (AvgIpc) is 2.14. The van der Waals surface area contributed by atoms with E-state index in [0.29, 0.717) is 12.1 Å². The Balaban J connectivity index is 3.11. The molecular weight excluding hydrogens is 231 g/mol. The van der Waals surface area contributed by atoms with Crippen molar-refractivity contribution >= 4 is 5.91 Å². The predicted octanol–water partition coefficient (Wildman–Crippen LogP) is 2.25. The molecule has 0 fully saturated rings. The molecular formula is C12H10F3NO. The van der Waals surface area contributed by atoms with Gasteiger partial charge >= 0.3 is 0 Å². The summed E-state index contributed by atoms with van der Waals surface area (Å²) in [6, 6.07) is 0.863. The van der Waals surface area contributed by atoms with Crippen LogP contribution >= 0.6 is 0 Å². The molecule has 0 bridgehead atoms. The molecule has 0 unspecified atom stereocenters. The molecule has 1 amide bonds. The van der Waals surface area contributed by atoms with Crippen LogP contribution in [-0.4, -0.2) is 11.4 Å². The number of amides is 1. The number of carbonyl (C=O) groups is 1. The van der Waals surface area contributed by atoms with Crippen molar-refractivity contribution in [1.82, 2.24) is 5.32 Å². The first kappa shape index (κ1) is 13.1. The van der Waals surface area contributed by atoms with Crippen LogP contribution < -0.4 is 5.32 Å². The largest absolute Gasteiger partial charge is 0.336 e. The van der Waals surface area contributed by atoms with Crippen LogP contribution in [0.5, 0.6) is 0 Å². The van der Waals surface area contributed by atoms with Gasteiger partial charge in [0.1, 0.15) is 23.0 Å². The van der Waals surface area contributed by atoms with Gasteiger partial charge < -0.3 is 5.32 Å². The minimum atomic E-state index is -1.27. The minimum Gasteiger partial charge on any atom is -0.336 e. The Kier molecular flexibility index (Phi) is 3.47. The maximum Gasteiger partial charge on any atom is 0.258 e. The number of carbonyl (C=O) groups excluding carboxylic acids is 1. The lowest BCUT2D eigenvalue weighted by Crippen LogP contribution is -2.42. The first-order chi connectivity index (χ1) is 7.76. The van der Waals surface area contributed by atoms with Gasteiger partial charge in [0.15, 0.2) is 0 Å². The van der Waals surface area contributed by atoms with Gasteiger partial charge in [-0.2, -0.15) is 0 Å². The van der Waals surface area contributed by atoms with Gasteiger partial charge in [0, 0.05) is 12.1 Å². The van der Waals surface area contributed by atoms with Crippen LogP contribution in [0.1, 0.15) is 24.2 Å². The zero-order valence-electron chi connectivity index (χ0n) is 9.27. The quantitative estimate of drug-likeness (QED) is 0.790. The van der Waals surface area contributed by atoms with E-state index in [1.165, 1.54) is 13.8 Å². The van der Waals surface area contributed by atoms with Crippen molar-refractivity contribution in [3.63, 3.8) is 0 Å². The van der Waals surface area contributed by atoms with E-state index >= 15 is 0 Å². The highest BCUT2D eigenvalue weighted by Crippen LogP contribution is 2.15. The number of terminal acetylenes is 1. The predicted molar refractivity (Wildman–Crippen MR) is 56.7 cm³/mol. The van der Waals surface area contributed by atoms with E-state index in [9.17, 15) is 18.0 Å². The molecule has 1 aromatic carbocycles. The fraction of sp³-hybridized carbons (Fsp3) is 0.250. The van der Waals surface area contributed by atoms with Gasteiger partial charge in [0.05, 0.1) is 5.54 Å². The Morgan fingerprint density at radius 3 is 2.18 bits per heavy atom. The van der Waals surface area contributed by atoms with Crippen molar-refractivity contribution in [1.29, 1.82) is 0 Å². The minimum absolute atomic E-state index is 0.431. The Hall–Kier alpha value is -1.96. The molecule has 0 aliphatic heterocycles. The van der Waals surface area contributed by atoms with Crippen molar-refractivity contribution < 1.29 is 18.0 Å². The maximum absolute atomic E-state index is 13.2. The third-order valence-corrected chi connectivity index (χ3v) is 2.02. The van der Waals surface area contributed by atoms with E-state index in [4.69, 9.17) is 6.42 Å². The number of benzene rings is 1. The van der Waals surface area contributed by atoms with E-state index in [0.717, 1.165) is 0 Å². The summed E-state index contributed by atoms with van der Waals surface area (Å²) in [6.45, 7) is 2.98. The molecule has 0 saturated heterocycles. The summed E-state index contributed by atoms with van der Waals surface area (Å²) in [4.78, 5) is 11.6. The normalized spacial score (nSPS) is 10.8. The molecule has 0 saturated carbocycles. The maximum atomic E-state index is 13.2. The molecule has 2 nitrogen and oxygen atoms in total. The summed E-state index contributed by atoms with van der Waals surface area (Å²) in [5.41, 5.74) is -1.90. The molecule has 1 aromatic rings. The van der Waals surface area contributed by atoms with E-state index in [2.05, 4.69) is 11.2 Å². The Labute approximate surface area is 96.8 Å². The van der Waals surface area contributed by atoms with Gasteiger partial charge in [0.2, 0.25) is 0 Å². The van der Waals surface area contributed by atoms with Gasteiger partial charge in [-0.15, -0.1) is 6.42 Å². The molecule has 0 aromatic heterocycles. The van der Waals surface area contributed by atoms with Crippen molar-refractivity contribution in [2.24, 2.45) is 0 Å². The van der Waals surface area contributed by atoms with E-state index in [1.54, 1.807) is 0 Å². The van der Waals surface area contributed by atoms with Gasteiger partial charge in [-0.25, -0.2) is 13.2 Å². The fourth-order valence-corrected chi connectivity index (χ4v) is 1.14. The Morgan fingerprint density at radius 1 is 1.29 bits per heavy atom. The van der Waals surface area contributed by atoms with Crippen molar-refractivity contribution in [2.45, 2.75) is 19.4 Å². The summed E-state index contributed by atoms with van der Waals surface area (Å²) in [7, 11) is 0. The fourth-order valence-electron chi connectivity index (χ4n) is 1.14. The van der Waals surface area contributed by atoms with Crippen LogP contribution in [0.15, 0.2) is 12.1 Å². The van der Waals surface area contributed by atoms with Crippen LogP contribution in [0.3, 0.4) is 0 Å². The molecule has 0 spiro atoms. The monoisotopic (exact) mass is 241 g/mol. The summed E-state index contributed by atoms with van der Waals surface area (Å²) < 4.78 is 39.1. The van der Waals surface area contributed by atoms with Gasteiger partial charge in [-0.1, -0.05) is 5.92 Å². The van der Waals surface area contributed by atoms with Gasteiger partial charge in [-0.3, -0.25) is 4.79 Å². The highest BCUT2D eigenvalue weighted by molar-refractivity contribution is 5.95. The highest BCUT2D eigenvalue weighted by atomic mass is 19.1. The molecule has 1 N–H and O–H groups in total. The lowest BCUT2D eigenvalue weighted by molar-refractivity contribution is 0.0921. The number of rotatable bonds is 2. The lowest BCUT2D eigenvalue weighted by Gasteiger charge is -2.19. The summed E-state index contributed by atoms with van der Waals surface area (Å²) in [5, 5.41) is 2.25. The zero-order chi connectivity index (χ0) is 13.2. The molecule has 1 rings (SSSR count). The Morgan fingerprint density at radius 2 is 1.76 bits per heavy atom. The highest BCUT2D eigenvalue weighted by Gasteiger charge is 2.24. The molecule has 90 valence electrons. The first-order valence-corrected chi connectivity index (χ1v) is 4.71. The van der Waals surface area contributed by atoms with Crippen molar-refractivity contribution in [3.8, 4) is 12.3 Å². The van der Waals surface area contributed by atoms with Crippen molar-refractivity contribution in [2.75, 3.05) is 0 Å². The molecule has 0 aliphatic rings. The second-order valence-electron chi connectivity index (χ2n) is 3.97. The first-order valence-electron chi connectivity index (χ1n) is 4.71. The number of nitrogens with one attached hydrogen (secondary N) is 1. The second kappa shape index (κ2) is 4.50. The standard InChI is InChI=1S/C12H10F3NO/c1-4-12(2,3)16-11(17)10-8(14)5-7(13)6-9(10)15/h1,5-6H,2-3H3,(H,16,17). The second-order valence-corrected chi connectivity index (χ2v) is 3.97. The van der Waals surface area contributed by atoms with Crippen LogP contribution in [0.25, 0.3) is 0 Å². The van der Waals surface area contributed by atoms with E-state index in [-0.39, 0.29) is 0 Å². The van der Waals surface area contributed by atoms with Crippen LogP contribution in [-0.2, 0) is 0 Å².